The fourth-order valence-corrected chi connectivity index (χ4v) is 2.94. The third-order valence-electron chi connectivity index (χ3n) is 3.81. The lowest BCUT2D eigenvalue weighted by atomic mass is 10.1. The summed E-state index contributed by atoms with van der Waals surface area (Å²) in [6.07, 6.45) is 3.45. The molecule has 0 aliphatic carbocycles. The first-order valence-electron chi connectivity index (χ1n) is 7.77. The minimum atomic E-state index is -0.563. The van der Waals surface area contributed by atoms with Crippen molar-refractivity contribution in [2.45, 2.75) is 5.16 Å². The number of benzene rings is 2. The molecule has 4 rings (SSSR count). The van der Waals surface area contributed by atoms with Crippen LogP contribution in [0.25, 0.3) is 22.2 Å². The molecular formula is C19H14FN3O2S. The van der Waals surface area contributed by atoms with Crippen molar-refractivity contribution in [2.75, 3.05) is 12.0 Å². The number of nitrogens with two attached hydrogens (primary N) is 1. The number of hydrogen-bond acceptors (Lipinski definition) is 6. The first kappa shape index (κ1) is 16.4. The summed E-state index contributed by atoms with van der Waals surface area (Å²) in [5.41, 5.74) is 8.01. The lowest BCUT2D eigenvalue weighted by Gasteiger charge is -2.09. The number of nitrogens with zero attached hydrogens (tertiary/aromatic N) is 2. The summed E-state index contributed by atoms with van der Waals surface area (Å²) in [7, 11) is 0. The monoisotopic (exact) mass is 367 g/mol. The molecule has 2 aromatic heterocycles. The summed E-state index contributed by atoms with van der Waals surface area (Å²) in [5.74, 6) is -0.297. The maximum absolute atomic E-state index is 14.2. The first-order valence-corrected chi connectivity index (χ1v) is 8.99. The van der Waals surface area contributed by atoms with E-state index in [9.17, 15) is 4.39 Å². The molecule has 0 amide bonds. The van der Waals surface area contributed by atoms with E-state index in [1.54, 1.807) is 12.3 Å². The second kappa shape index (κ2) is 6.68. The zero-order valence-corrected chi connectivity index (χ0v) is 14.6. The molecule has 0 saturated heterocycles. The van der Waals surface area contributed by atoms with Crippen molar-refractivity contribution in [3.8, 4) is 22.8 Å². The van der Waals surface area contributed by atoms with Crippen molar-refractivity contribution in [2.24, 2.45) is 0 Å². The summed E-state index contributed by atoms with van der Waals surface area (Å²) < 4.78 is 25.6. The van der Waals surface area contributed by atoms with Crippen LogP contribution < -0.4 is 10.5 Å². The van der Waals surface area contributed by atoms with E-state index >= 15 is 0 Å². The number of furan rings is 1. The van der Waals surface area contributed by atoms with E-state index in [0.29, 0.717) is 21.9 Å². The Hall–Kier alpha value is -3.06. The molecule has 0 aliphatic rings. The number of hydrogen-bond donors (Lipinski definition) is 1. The Bertz CT molecular complexity index is 1080. The molecule has 5 nitrogen and oxygen atoms in total. The Balaban J connectivity index is 1.90. The van der Waals surface area contributed by atoms with Gasteiger partial charge < -0.3 is 14.9 Å². The van der Waals surface area contributed by atoms with Gasteiger partial charge in [0.05, 0.1) is 0 Å². The van der Waals surface area contributed by atoms with Crippen LogP contribution in [0.1, 0.15) is 0 Å². The molecular weight excluding hydrogens is 353 g/mol. The number of fused-ring (bicyclic) bond motifs is 1. The van der Waals surface area contributed by atoms with E-state index < -0.39 is 5.82 Å². The van der Waals surface area contributed by atoms with E-state index in [4.69, 9.17) is 14.9 Å². The van der Waals surface area contributed by atoms with Crippen LogP contribution in [-0.4, -0.2) is 16.2 Å². The minimum absolute atomic E-state index is 0.0338. The quantitative estimate of drug-likeness (QED) is 0.306. The highest BCUT2D eigenvalue weighted by Gasteiger charge is 2.19. The number of anilines is 1. The maximum atomic E-state index is 14.2. The van der Waals surface area contributed by atoms with Crippen LogP contribution in [-0.2, 0) is 0 Å². The number of thioether (sulfide) groups is 1. The van der Waals surface area contributed by atoms with Gasteiger partial charge in [-0.2, -0.15) is 9.97 Å². The number of rotatable bonds is 4. The summed E-state index contributed by atoms with van der Waals surface area (Å²) in [4.78, 5) is 8.78. The van der Waals surface area contributed by atoms with Crippen molar-refractivity contribution in [1.29, 1.82) is 0 Å². The van der Waals surface area contributed by atoms with Gasteiger partial charge in [0.25, 0.3) is 0 Å². The van der Waals surface area contributed by atoms with Crippen LogP contribution in [0.2, 0.25) is 0 Å². The Labute approximate surface area is 153 Å². The number of ether oxygens (including phenoxy) is 1. The molecule has 130 valence electrons. The highest BCUT2D eigenvalue weighted by atomic mass is 32.2. The van der Waals surface area contributed by atoms with Gasteiger partial charge in [0.15, 0.2) is 16.7 Å². The van der Waals surface area contributed by atoms with Gasteiger partial charge >= 0.3 is 0 Å². The van der Waals surface area contributed by atoms with Crippen molar-refractivity contribution >= 4 is 28.5 Å². The zero-order chi connectivity index (χ0) is 18.1. The van der Waals surface area contributed by atoms with Gasteiger partial charge in [-0.15, -0.1) is 0 Å². The van der Waals surface area contributed by atoms with Gasteiger partial charge in [-0.1, -0.05) is 42.1 Å². The fraction of sp³-hybridized carbons (Fsp3) is 0.0526. The molecule has 2 N–H and O–H groups in total. The molecule has 2 heterocycles. The van der Waals surface area contributed by atoms with E-state index in [-0.39, 0.29) is 11.6 Å². The molecule has 26 heavy (non-hydrogen) atoms. The van der Waals surface area contributed by atoms with Crippen LogP contribution >= 0.6 is 11.8 Å². The van der Waals surface area contributed by atoms with Crippen LogP contribution in [0.15, 0.2) is 64.4 Å². The van der Waals surface area contributed by atoms with Crippen molar-refractivity contribution in [3.63, 3.8) is 0 Å². The molecule has 0 unspecified atom stereocenters. The molecule has 0 fully saturated rings. The topological polar surface area (TPSA) is 74.2 Å². The van der Waals surface area contributed by atoms with Crippen LogP contribution in [0.5, 0.6) is 11.6 Å². The highest BCUT2D eigenvalue weighted by molar-refractivity contribution is 7.98. The van der Waals surface area contributed by atoms with Crippen molar-refractivity contribution in [1.82, 2.24) is 9.97 Å². The van der Waals surface area contributed by atoms with E-state index in [0.717, 1.165) is 11.1 Å². The summed E-state index contributed by atoms with van der Waals surface area (Å²) in [6.45, 7) is 0. The highest BCUT2D eigenvalue weighted by Crippen LogP contribution is 2.38. The molecule has 2 aromatic carbocycles. The van der Waals surface area contributed by atoms with Crippen LogP contribution in [0.4, 0.5) is 10.1 Å². The first-order chi connectivity index (χ1) is 12.7. The van der Waals surface area contributed by atoms with E-state index in [2.05, 4.69) is 9.97 Å². The van der Waals surface area contributed by atoms with Gasteiger partial charge in [0.2, 0.25) is 11.6 Å². The number of nitrogen functional groups attached to an aromatic ring is 1. The number of aromatic nitrogens is 2. The Morgan fingerprint density at radius 2 is 1.92 bits per heavy atom. The summed E-state index contributed by atoms with van der Waals surface area (Å²) in [5, 5.41) is 1.06. The maximum Gasteiger partial charge on any atom is 0.235 e. The second-order valence-corrected chi connectivity index (χ2v) is 6.28. The molecule has 0 saturated carbocycles. The zero-order valence-electron chi connectivity index (χ0n) is 13.8. The fourth-order valence-electron chi connectivity index (χ4n) is 2.59. The smallest absolute Gasteiger partial charge is 0.235 e. The average Bonchev–Trinajstić information content (AvgIpc) is 3.09. The van der Waals surface area contributed by atoms with Gasteiger partial charge in [-0.3, -0.25) is 0 Å². The van der Waals surface area contributed by atoms with Crippen molar-refractivity contribution < 1.29 is 13.5 Å². The SMILES string of the molecule is CSc1nc(Oc2ccc(N)cc2F)c2c(-c3ccccc3)coc2n1. The third-order valence-corrected chi connectivity index (χ3v) is 4.36. The lowest BCUT2D eigenvalue weighted by Crippen LogP contribution is -1.96. The largest absolute Gasteiger partial charge is 0.445 e. The second-order valence-electron chi connectivity index (χ2n) is 5.50. The summed E-state index contributed by atoms with van der Waals surface area (Å²) >= 11 is 1.34. The minimum Gasteiger partial charge on any atom is -0.445 e. The number of halogens is 1. The average molecular weight is 367 g/mol. The van der Waals surface area contributed by atoms with Crippen LogP contribution in [0, 0.1) is 5.82 Å². The van der Waals surface area contributed by atoms with Gasteiger partial charge in [0, 0.05) is 17.3 Å². The van der Waals surface area contributed by atoms with Crippen LogP contribution in [0.3, 0.4) is 0 Å². The van der Waals surface area contributed by atoms with E-state index in [1.807, 2.05) is 36.6 Å². The third kappa shape index (κ3) is 2.97. The standard InChI is InChI=1S/C19H14FN3O2S/c1-26-19-22-17-16(13(10-24-17)11-5-3-2-4-6-11)18(23-19)25-15-8-7-12(21)9-14(15)20/h2-10H,21H2,1H3. The molecule has 0 aliphatic heterocycles. The van der Waals surface area contributed by atoms with Gasteiger partial charge in [-0.25, -0.2) is 4.39 Å². The predicted octanol–water partition coefficient (Wildman–Crippen LogP) is 5.13. The van der Waals surface area contributed by atoms with Gasteiger partial charge in [-0.05, 0) is 24.0 Å². The van der Waals surface area contributed by atoms with E-state index in [1.165, 1.54) is 23.9 Å². The predicted molar refractivity (Wildman–Crippen MR) is 99.9 cm³/mol. The molecule has 0 atom stereocenters. The molecule has 0 radical (unpaired) electrons. The Morgan fingerprint density at radius 1 is 1.12 bits per heavy atom. The normalized spacial score (nSPS) is 11.0. The molecule has 4 aromatic rings. The Kier molecular flexibility index (Phi) is 4.22. The molecule has 7 heteroatoms. The van der Waals surface area contributed by atoms with Gasteiger partial charge in [0.1, 0.15) is 11.6 Å². The summed E-state index contributed by atoms with van der Waals surface area (Å²) in [6, 6.07) is 13.9. The lowest BCUT2D eigenvalue weighted by molar-refractivity contribution is 0.427. The molecule has 0 spiro atoms. The van der Waals surface area contributed by atoms with Crippen molar-refractivity contribution in [3.05, 3.63) is 60.6 Å². The molecule has 0 bridgehead atoms. The Morgan fingerprint density at radius 3 is 2.65 bits per heavy atom.